The monoisotopic (exact) mass is 265 g/mol. The van der Waals surface area contributed by atoms with Crippen molar-refractivity contribution in [3.63, 3.8) is 0 Å². The quantitative estimate of drug-likeness (QED) is 0.660. The highest BCUT2D eigenvalue weighted by Gasteiger charge is 2.14. The number of hydrogen-bond donors (Lipinski definition) is 2. The van der Waals surface area contributed by atoms with E-state index in [0.29, 0.717) is 12.0 Å². The maximum Gasteiger partial charge on any atom is 0.142 e. The molecule has 2 aromatic rings. The number of pyridine rings is 1. The van der Waals surface area contributed by atoms with E-state index >= 15 is 0 Å². The minimum absolute atomic E-state index is 0.140. The Hall–Kier alpha value is -1.49. The molecule has 1 heterocycles. The van der Waals surface area contributed by atoms with Crippen molar-refractivity contribution in [2.24, 2.45) is 5.84 Å². The molecule has 3 N–H and O–H groups in total. The fourth-order valence-corrected chi connectivity index (χ4v) is 1.98. The van der Waals surface area contributed by atoms with Gasteiger partial charge in [0, 0.05) is 12.4 Å². The standard InChI is InChI=1S/C13H13ClFN3/c14-13-9(3-1-5-11(13)15)7-12(18-16)10-4-2-6-17-8-10/h1-6,8,12,18H,7,16H2. The van der Waals surface area contributed by atoms with Gasteiger partial charge in [0.25, 0.3) is 0 Å². The summed E-state index contributed by atoms with van der Waals surface area (Å²) in [5.74, 6) is 5.11. The number of benzene rings is 1. The molecule has 1 unspecified atom stereocenters. The van der Waals surface area contributed by atoms with Crippen LogP contribution in [0.4, 0.5) is 4.39 Å². The molecule has 1 aromatic heterocycles. The van der Waals surface area contributed by atoms with Crippen molar-refractivity contribution in [1.82, 2.24) is 10.4 Å². The highest BCUT2D eigenvalue weighted by Crippen LogP contribution is 2.24. The average Bonchev–Trinajstić information content (AvgIpc) is 2.41. The zero-order valence-electron chi connectivity index (χ0n) is 9.61. The number of aromatic nitrogens is 1. The number of nitrogens with two attached hydrogens (primary N) is 1. The third kappa shape index (κ3) is 2.85. The minimum Gasteiger partial charge on any atom is -0.271 e. The summed E-state index contributed by atoms with van der Waals surface area (Å²) in [4.78, 5) is 4.03. The summed E-state index contributed by atoms with van der Waals surface area (Å²) in [6.45, 7) is 0. The average molecular weight is 266 g/mol. The third-order valence-corrected chi connectivity index (χ3v) is 3.17. The number of rotatable bonds is 4. The van der Waals surface area contributed by atoms with Crippen molar-refractivity contribution in [3.05, 3.63) is 64.7 Å². The SMILES string of the molecule is NNC(Cc1cccc(F)c1Cl)c1cccnc1. The molecule has 0 radical (unpaired) electrons. The van der Waals surface area contributed by atoms with Gasteiger partial charge in [0.1, 0.15) is 5.82 Å². The molecule has 0 saturated heterocycles. The lowest BCUT2D eigenvalue weighted by Crippen LogP contribution is -2.29. The van der Waals surface area contributed by atoms with E-state index in [0.717, 1.165) is 5.56 Å². The van der Waals surface area contributed by atoms with E-state index in [4.69, 9.17) is 17.4 Å². The second kappa shape index (κ2) is 5.91. The van der Waals surface area contributed by atoms with Crippen LogP contribution in [0.2, 0.25) is 5.02 Å². The first kappa shape index (κ1) is 13.0. The molecule has 0 amide bonds. The van der Waals surface area contributed by atoms with Gasteiger partial charge >= 0.3 is 0 Å². The van der Waals surface area contributed by atoms with Crippen molar-refractivity contribution in [2.45, 2.75) is 12.5 Å². The molecule has 18 heavy (non-hydrogen) atoms. The van der Waals surface area contributed by atoms with Gasteiger partial charge in [0.05, 0.1) is 11.1 Å². The number of nitrogens with one attached hydrogen (secondary N) is 1. The lowest BCUT2D eigenvalue weighted by Gasteiger charge is -2.16. The van der Waals surface area contributed by atoms with E-state index in [2.05, 4.69) is 10.4 Å². The second-order valence-electron chi connectivity index (χ2n) is 3.92. The minimum atomic E-state index is -0.420. The van der Waals surface area contributed by atoms with Gasteiger partial charge in [-0.3, -0.25) is 16.3 Å². The molecule has 5 heteroatoms. The number of nitrogens with zero attached hydrogens (tertiary/aromatic N) is 1. The van der Waals surface area contributed by atoms with Crippen molar-refractivity contribution in [1.29, 1.82) is 0 Å². The van der Waals surface area contributed by atoms with Gasteiger partial charge in [0.2, 0.25) is 0 Å². The van der Waals surface area contributed by atoms with E-state index in [9.17, 15) is 4.39 Å². The maximum absolute atomic E-state index is 13.3. The van der Waals surface area contributed by atoms with Crippen LogP contribution >= 0.6 is 11.6 Å². The van der Waals surface area contributed by atoms with E-state index < -0.39 is 5.82 Å². The van der Waals surface area contributed by atoms with Gasteiger partial charge in [-0.25, -0.2) is 4.39 Å². The van der Waals surface area contributed by atoms with Crippen LogP contribution in [0.3, 0.4) is 0 Å². The van der Waals surface area contributed by atoms with Crippen molar-refractivity contribution in [2.75, 3.05) is 0 Å². The first-order valence-corrected chi connectivity index (χ1v) is 5.89. The highest BCUT2D eigenvalue weighted by atomic mass is 35.5. The predicted octanol–water partition coefficient (Wildman–Crippen LogP) is 2.62. The fraction of sp³-hybridized carbons (Fsp3) is 0.154. The van der Waals surface area contributed by atoms with Crippen LogP contribution < -0.4 is 11.3 Å². The van der Waals surface area contributed by atoms with Crippen molar-refractivity contribution >= 4 is 11.6 Å². The summed E-state index contributed by atoms with van der Waals surface area (Å²) in [5, 5.41) is 0.140. The first-order valence-electron chi connectivity index (χ1n) is 5.51. The van der Waals surface area contributed by atoms with E-state index in [1.54, 1.807) is 24.5 Å². The largest absolute Gasteiger partial charge is 0.271 e. The first-order chi connectivity index (χ1) is 8.72. The molecule has 0 saturated carbocycles. The number of hydrogen-bond acceptors (Lipinski definition) is 3. The molecule has 94 valence electrons. The zero-order valence-corrected chi connectivity index (χ0v) is 10.4. The Morgan fingerprint density at radius 2 is 2.17 bits per heavy atom. The van der Waals surface area contributed by atoms with Crippen LogP contribution in [-0.2, 0) is 6.42 Å². The number of hydrazine groups is 1. The van der Waals surface area contributed by atoms with Crippen LogP contribution in [0, 0.1) is 5.82 Å². The summed E-state index contributed by atoms with van der Waals surface area (Å²) in [5.41, 5.74) is 4.33. The smallest absolute Gasteiger partial charge is 0.142 e. The Bertz CT molecular complexity index is 519. The van der Waals surface area contributed by atoms with E-state index in [1.807, 2.05) is 12.1 Å². The maximum atomic E-state index is 13.3. The van der Waals surface area contributed by atoms with Gasteiger partial charge in [-0.2, -0.15) is 0 Å². The van der Waals surface area contributed by atoms with Crippen molar-refractivity contribution < 1.29 is 4.39 Å². The molecule has 0 spiro atoms. The molecule has 0 aliphatic heterocycles. The van der Waals surface area contributed by atoms with Gasteiger partial charge in [-0.15, -0.1) is 0 Å². The molecule has 0 bridgehead atoms. The molecule has 0 fully saturated rings. The molecule has 0 aliphatic carbocycles. The molecule has 1 aromatic carbocycles. The Morgan fingerprint density at radius 1 is 1.33 bits per heavy atom. The van der Waals surface area contributed by atoms with E-state index in [-0.39, 0.29) is 11.1 Å². The summed E-state index contributed by atoms with van der Waals surface area (Å²) in [6.07, 6.45) is 3.91. The van der Waals surface area contributed by atoms with Gasteiger partial charge in [-0.05, 0) is 29.7 Å². The van der Waals surface area contributed by atoms with Crippen LogP contribution in [-0.4, -0.2) is 4.98 Å². The summed E-state index contributed by atoms with van der Waals surface area (Å²) in [7, 11) is 0. The van der Waals surface area contributed by atoms with Crippen LogP contribution in [0.1, 0.15) is 17.2 Å². The lowest BCUT2D eigenvalue weighted by molar-refractivity contribution is 0.547. The second-order valence-corrected chi connectivity index (χ2v) is 4.30. The third-order valence-electron chi connectivity index (χ3n) is 2.74. The summed E-state index contributed by atoms with van der Waals surface area (Å²) < 4.78 is 13.3. The molecular weight excluding hydrogens is 253 g/mol. The van der Waals surface area contributed by atoms with Crippen LogP contribution in [0.15, 0.2) is 42.7 Å². The Labute approximate surface area is 110 Å². The Kier molecular flexibility index (Phi) is 4.25. The lowest BCUT2D eigenvalue weighted by atomic mass is 10.0. The zero-order chi connectivity index (χ0) is 13.0. The van der Waals surface area contributed by atoms with E-state index in [1.165, 1.54) is 6.07 Å². The van der Waals surface area contributed by atoms with Gasteiger partial charge in [0.15, 0.2) is 0 Å². The molecule has 0 aliphatic rings. The Morgan fingerprint density at radius 3 is 2.83 bits per heavy atom. The predicted molar refractivity (Wildman–Crippen MR) is 69.4 cm³/mol. The number of halogens is 2. The normalized spacial score (nSPS) is 12.4. The van der Waals surface area contributed by atoms with Gasteiger partial charge < -0.3 is 0 Å². The van der Waals surface area contributed by atoms with Crippen LogP contribution in [0.25, 0.3) is 0 Å². The molecular formula is C13H13ClFN3. The summed E-state index contributed by atoms with van der Waals surface area (Å²) in [6, 6.07) is 8.33. The van der Waals surface area contributed by atoms with Crippen molar-refractivity contribution in [3.8, 4) is 0 Å². The molecule has 2 rings (SSSR count). The topological polar surface area (TPSA) is 50.9 Å². The molecule has 3 nitrogen and oxygen atoms in total. The molecule has 1 atom stereocenters. The van der Waals surface area contributed by atoms with Crippen LogP contribution in [0.5, 0.6) is 0 Å². The summed E-state index contributed by atoms with van der Waals surface area (Å²) >= 11 is 5.92. The highest BCUT2D eigenvalue weighted by molar-refractivity contribution is 6.31. The fourth-order valence-electron chi connectivity index (χ4n) is 1.78. The Balaban J connectivity index is 2.24. The van der Waals surface area contributed by atoms with Gasteiger partial charge in [-0.1, -0.05) is 29.8 Å².